The molecule has 40 heavy (non-hydrogen) atoms. The van der Waals surface area contributed by atoms with Crippen LogP contribution in [-0.4, -0.2) is 94.6 Å². The van der Waals surface area contributed by atoms with E-state index in [9.17, 15) is 29.1 Å². The van der Waals surface area contributed by atoms with Crippen molar-refractivity contribution in [2.75, 3.05) is 18.8 Å². The molecule has 4 amide bonds. The molecule has 228 valence electrons. The molecule has 0 aromatic carbocycles. The Morgan fingerprint density at radius 2 is 1.60 bits per heavy atom. The van der Waals surface area contributed by atoms with Crippen molar-refractivity contribution in [2.24, 2.45) is 34.0 Å². The maximum Gasteiger partial charge on any atom is 0.326 e. The van der Waals surface area contributed by atoms with Gasteiger partial charge >= 0.3 is 5.97 Å². The van der Waals surface area contributed by atoms with Gasteiger partial charge in [0.05, 0.1) is 6.04 Å². The second-order valence-electron chi connectivity index (χ2n) is 10.7. The van der Waals surface area contributed by atoms with Crippen LogP contribution >= 0.6 is 12.6 Å². The van der Waals surface area contributed by atoms with Crippen molar-refractivity contribution in [1.82, 2.24) is 20.9 Å². The lowest BCUT2D eigenvalue weighted by Gasteiger charge is -2.29. The van der Waals surface area contributed by atoms with Crippen LogP contribution in [0.15, 0.2) is 4.99 Å². The third-order valence-electron chi connectivity index (χ3n) is 6.56. The Morgan fingerprint density at radius 3 is 2.12 bits per heavy atom. The van der Waals surface area contributed by atoms with Crippen LogP contribution in [0.5, 0.6) is 0 Å². The summed E-state index contributed by atoms with van der Waals surface area (Å²) in [4.78, 5) is 69.0. The number of nitrogens with zero attached hydrogens (tertiary/aromatic N) is 2. The van der Waals surface area contributed by atoms with Crippen LogP contribution in [0.2, 0.25) is 0 Å². The molecular formula is C25H46N8O6S. The molecule has 1 fully saturated rings. The standard InChI is InChI=1S/C25H46N8O6S/c1-13(2)11-16(20(34)30-15(24(38)39)7-5-9-29-25(27)28)31-21(35)17(12-40)32-22(36)18-8-6-10-33(18)23(37)19(26)14(3)4/h13-19,40H,5-12,26H2,1-4H3,(H,30,34)(H,31,35)(H,32,36)(H,38,39)(H4,27,28,29)/t15-,16-,17-,18-,19-/m0/s1. The zero-order chi connectivity index (χ0) is 30.6. The number of amides is 4. The molecule has 0 bridgehead atoms. The first-order valence-electron chi connectivity index (χ1n) is 13.6. The molecular weight excluding hydrogens is 540 g/mol. The fourth-order valence-corrected chi connectivity index (χ4v) is 4.51. The number of aliphatic carboxylic acids is 1. The molecule has 0 saturated carbocycles. The first-order chi connectivity index (χ1) is 18.7. The number of thiol groups is 1. The topological polar surface area (TPSA) is 235 Å². The summed E-state index contributed by atoms with van der Waals surface area (Å²) in [6, 6.07) is -4.87. The molecule has 0 aromatic heterocycles. The fraction of sp³-hybridized carbons (Fsp3) is 0.760. The number of carbonyl (C=O) groups is 5. The van der Waals surface area contributed by atoms with Crippen molar-refractivity contribution in [3.8, 4) is 0 Å². The maximum absolute atomic E-state index is 13.1. The zero-order valence-corrected chi connectivity index (χ0v) is 24.7. The SMILES string of the molecule is CC(C)C[C@H](NC(=O)[C@H](CS)NC(=O)[C@@H]1CCCN1C(=O)[C@@H](N)C(C)C)C(=O)N[C@@H](CCCN=C(N)N)C(=O)O. The number of aliphatic imine (C=N–C) groups is 1. The highest BCUT2D eigenvalue weighted by atomic mass is 32.1. The minimum Gasteiger partial charge on any atom is -0.480 e. The van der Waals surface area contributed by atoms with Crippen LogP contribution in [0.1, 0.15) is 59.8 Å². The Labute approximate surface area is 241 Å². The first kappa shape index (κ1) is 35.0. The minimum absolute atomic E-state index is 0.0199. The quantitative estimate of drug-likeness (QED) is 0.0455. The molecule has 0 spiro atoms. The van der Waals surface area contributed by atoms with Gasteiger partial charge in [-0.25, -0.2) is 4.79 Å². The molecule has 5 atom stereocenters. The molecule has 10 N–H and O–H groups in total. The summed E-state index contributed by atoms with van der Waals surface area (Å²) in [5, 5.41) is 17.3. The van der Waals surface area contributed by atoms with Gasteiger partial charge in [-0.05, 0) is 43.9 Å². The smallest absolute Gasteiger partial charge is 0.326 e. The number of hydrogen-bond acceptors (Lipinski definition) is 8. The van der Waals surface area contributed by atoms with E-state index in [4.69, 9.17) is 17.2 Å². The summed E-state index contributed by atoms with van der Waals surface area (Å²) in [7, 11) is 0. The predicted molar refractivity (Wildman–Crippen MR) is 154 cm³/mol. The van der Waals surface area contributed by atoms with E-state index in [1.807, 2.05) is 27.7 Å². The Hall–Kier alpha value is -3.07. The molecule has 1 saturated heterocycles. The third kappa shape index (κ3) is 11.2. The Kier molecular flexibility index (Phi) is 14.8. The number of carboxylic acids is 1. The lowest BCUT2D eigenvalue weighted by Crippen LogP contribution is -2.59. The van der Waals surface area contributed by atoms with Crippen molar-refractivity contribution in [3.05, 3.63) is 0 Å². The third-order valence-corrected chi connectivity index (χ3v) is 6.92. The van der Waals surface area contributed by atoms with Gasteiger partial charge in [-0.1, -0.05) is 27.7 Å². The lowest BCUT2D eigenvalue weighted by atomic mass is 10.0. The van der Waals surface area contributed by atoms with Crippen LogP contribution < -0.4 is 33.2 Å². The highest BCUT2D eigenvalue weighted by Crippen LogP contribution is 2.20. The highest BCUT2D eigenvalue weighted by molar-refractivity contribution is 7.80. The largest absolute Gasteiger partial charge is 0.480 e. The molecule has 1 aliphatic rings. The molecule has 0 aromatic rings. The van der Waals surface area contributed by atoms with Gasteiger partial charge in [0.2, 0.25) is 23.6 Å². The number of likely N-dealkylation sites (tertiary alicyclic amines) is 1. The van der Waals surface area contributed by atoms with E-state index < -0.39 is 53.9 Å². The lowest BCUT2D eigenvalue weighted by molar-refractivity contribution is -0.142. The van der Waals surface area contributed by atoms with E-state index in [0.717, 1.165) is 0 Å². The molecule has 1 heterocycles. The molecule has 0 aliphatic carbocycles. The van der Waals surface area contributed by atoms with Crippen molar-refractivity contribution in [2.45, 2.75) is 90.0 Å². The summed E-state index contributed by atoms with van der Waals surface area (Å²) < 4.78 is 0. The van der Waals surface area contributed by atoms with Gasteiger partial charge in [0.25, 0.3) is 0 Å². The van der Waals surface area contributed by atoms with Gasteiger partial charge in [0.1, 0.15) is 24.2 Å². The number of guanidine groups is 1. The summed E-state index contributed by atoms with van der Waals surface area (Å²) >= 11 is 4.20. The minimum atomic E-state index is -1.24. The maximum atomic E-state index is 13.1. The summed E-state index contributed by atoms with van der Waals surface area (Å²) in [5.41, 5.74) is 16.6. The fourth-order valence-electron chi connectivity index (χ4n) is 4.25. The van der Waals surface area contributed by atoms with Gasteiger partial charge in [0.15, 0.2) is 5.96 Å². The normalized spacial score (nSPS) is 18.0. The highest BCUT2D eigenvalue weighted by Gasteiger charge is 2.38. The molecule has 0 radical (unpaired) electrons. The summed E-state index contributed by atoms with van der Waals surface area (Å²) in [6.45, 7) is 7.94. The number of hydrogen-bond donors (Lipinski definition) is 8. The van der Waals surface area contributed by atoms with Gasteiger partial charge < -0.3 is 43.2 Å². The van der Waals surface area contributed by atoms with Crippen molar-refractivity contribution < 1.29 is 29.1 Å². The number of carboxylic acid groups (broad SMARTS) is 1. The molecule has 14 nitrogen and oxygen atoms in total. The second kappa shape index (κ2) is 16.9. The van der Waals surface area contributed by atoms with Gasteiger partial charge in [0, 0.05) is 18.8 Å². The van der Waals surface area contributed by atoms with Gasteiger partial charge in [-0.3, -0.25) is 24.2 Å². The van der Waals surface area contributed by atoms with Crippen LogP contribution in [0.25, 0.3) is 0 Å². The molecule has 1 rings (SSSR count). The van der Waals surface area contributed by atoms with Gasteiger partial charge in [-0.2, -0.15) is 12.6 Å². The number of rotatable bonds is 16. The van der Waals surface area contributed by atoms with E-state index >= 15 is 0 Å². The molecule has 0 unspecified atom stereocenters. The van der Waals surface area contributed by atoms with Crippen molar-refractivity contribution in [1.29, 1.82) is 0 Å². The molecule has 1 aliphatic heterocycles. The zero-order valence-electron chi connectivity index (χ0n) is 23.8. The Bertz CT molecular complexity index is 927. The van der Waals surface area contributed by atoms with Crippen LogP contribution in [0.3, 0.4) is 0 Å². The van der Waals surface area contributed by atoms with Crippen molar-refractivity contribution >= 4 is 48.2 Å². The first-order valence-corrected chi connectivity index (χ1v) is 14.2. The van der Waals surface area contributed by atoms with Crippen LogP contribution in [0.4, 0.5) is 0 Å². The second-order valence-corrected chi connectivity index (χ2v) is 11.1. The number of carbonyl (C=O) groups excluding carboxylic acids is 4. The van der Waals surface area contributed by atoms with E-state index in [1.54, 1.807) is 0 Å². The number of nitrogens with one attached hydrogen (secondary N) is 3. The monoisotopic (exact) mass is 586 g/mol. The van der Waals surface area contributed by atoms with E-state index in [-0.39, 0.29) is 48.8 Å². The Balaban J connectivity index is 2.90. The van der Waals surface area contributed by atoms with E-state index in [1.165, 1.54) is 4.90 Å². The predicted octanol–water partition coefficient (Wildman–Crippen LogP) is -1.47. The van der Waals surface area contributed by atoms with E-state index in [0.29, 0.717) is 25.8 Å². The van der Waals surface area contributed by atoms with E-state index in [2.05, 4.69) is 33.6 Å². The van der Waals surface area contributed by atoms with Crippen LogP contribution in [-0.2, 0) is 24.0 Å². The number of nitrogens with two attached hydrogens (primary N) is 3. The Morgan fingerprint density at radius 1 is 1.00 bits per heavy atom. The average Bonchev–Trinajstić information content (AvgIpc) is 3.36. The van der Waals surface area contributed by atoms with Gasteiger partial charge in [-0.15, -0.1) is 0 Å². The summed E-state index contributed by atoms with van der Waals surface area (Å²) in [5.74, 6) is -3.69. The summed E-state index contributed by atoms with van der Waals surface area (Å²) in [6.07, 6.45) is 1.67. The van der Waals surface area contributed by atoms with Crippen LogP contribution in [0, 0.1) is 11.8 Å². The van der Waals surface area contributed by atoms with Crippen molar-refractivity contribution in [3.63, 3.8) is 0 Å². The average molecular weight is 587 g/mol. The molecule has 15 heteroatoms.